The van der Waals surface area contributed by atoms with E-state index in [4.69, 9.17) is 4.74 Å². The fourth-order valence-corrected chi connectivity index (χ4v) is 1.40. The molecule has 17 heavy (non-hydrogen) atoms. The summed E-state index contributed by atoms with van der Waals surface area (Å²) in [5, 5.41) is 11.9. The van der Waals surface area contributed by atoms with E-state index in [0.717, 1.165) is 0 Å². The first-order valence-electron chi connectivity index (χ1n) is 5.26. The van der Waals surface area contributed by atoms with Crippen molar-refractivity contribution in [1.29, 1.82) is 0 Å². The third-order valence-electron chi connectivity index (χ3n) is 2.30. The van der Waals surface area contributed by atoms with Crippen LogP contribution in [0.25, 0.3) is 0 Å². The maximum absolute atomic E-state index is 13.0. The third kappa shape index (κ3) is 4.13. The smallest absolute Gasteiger partial charge is 0.251 e. The summed E-state index contributed by atoms with van der Waals surface area (Å²) in [4.78, 5) is 11.7. The first kappa shape index (κ1) is 13.6. The Balaban J connectivity index is 2.61. The summed E-state index contributed by atoms with van der Waals surface area (Å²) in [6.45, 7) is 1.94. The first-order valence-corrected chi connectivity index (χ1v) is 5.26. The van der Waals surface area contributed by atoms with Crippen LogP contribution in [0.2, 0.25) is 0 Å². The van der Waals surface area contributed by atoms with Crippen molar-refractivity contribution >= 4 is 5.91 Å². The molecular formula is C12H16FNO3. The third-order valence-corrected chi connectivity index (χ3v) is 2.30. The van der Waals surface area contributed by atoms with Crippen LogP contribution in [0.15, 0.2) is 18.2 Å². The zero-order valence-electron chi connectivity index (χ0n) is 9.87. The van der Waals surface area contributed by atoms with E-state index in [-0.39, 0.29) is 18.7 Å². The van der Waals surface area contributed by atoms with Gasteiger partial charge >= 0.3 is 0 Å². The van der Waals surface area contributed by atoms with Crippen molar-refractivity contribution in [2.24, 2.45) is 0 Å². The average Bonchev–Trinajstić information content (AvgIpc) is 2.29. The molecule has 5 heteroatoms. The average molecular weight is 241 g/mol. The molecule has 1 amide bonds. The molecule has 4 nitrogen and oxygen atoms in total. The molecule has 1 aromatic carbocycles. The highest BCUT2D eigenvalue weighted by Crippen LogP contribution is 2.09. The Morgan fingerprint density at radius 2 is 2.29 bits per heavy atom. The van der Waals surface area contributed by atoms with E-state index in [0.29, 0.717) is 5.56 Å². The summed E-state index contributed by atoms with van der Waals surface area (Å²) >= 11 is 0. The number of hydrogen-bond acceptors (Lipinski definition) is 3. The highest BCUT2D eigenvalue weighted by molar-refractivity contribution is 5.95. The molecule has 0 spiro atoms. The number of carbonyl (C=O) groups excluding carboxylic acids is 1. The summed E-state index contributed by atoms with van der Waals surface area (Å²) in [6, 6.07) is 4.01. The fourth-order valence-electron chi connectivity index (χ4n) is 1.40. The maximum Gasteiger partial charge on any atom is 0.251 e. The number of carbonyl (C=O) groups is 1. The number of aliphatic hydroxyl groups is 1. The van der Waals surface area contributed by atoms with Gasteiger partial charge < -0.3 is 15.2 Å². The van der Waals surface area contributed by atoms with E-state index in [1.165, 1.54) is 25.3 Å². The van der Waals surface area contributed by atoms with Gasteiger partial charge in [0.25, 0.3) is 5.91 Å². The number of hydrogen-bond donors (Lipinski definition) is 2. The molecule has 0 radical (unpaired) electrons. The van der Waals surface area contributed by atoms with Crippen molar-refractivity contribution in [2.75, 3.05) is 20.3 Å². The first-order chi connectivity index (χ1) is 8.04. The number of halogens is 1. The lowest BCUT2D eigenvalue weighted by Gasteiger charge is -2.11. The molecule has 1 unspecified atom stereocenters. The molecule has 1 atom stereocenters. The minimum atomic E-state index is -0.766. The number of nitrogens with one attached hydrogen (secondary N) is 1. The van der Waals surface area contributed by atoms with Crippen LogP contribution in [-0.2, 0) is 4.74 Å². The number of ether oxygens (including phenoxy) is 1. The zero-order chi connectivity index (χ0) is 12.8. The molecule has 1 aromatic rings. The number of rotatable bonds is 5. The zero-order valence-corrected chi connectivity index (χ0v) is 9.87. The van der Waals surface area contributed by atoms with Gasteiger partial charge in [-0.25, -0.2) is 4.39 Å². The van der Waals surface area contributed by atoms with Gasteiger partial charge in [0.1, 0.15) is 5.82 Å². The Hall–Kier alpha value is -1.46. The largest absolute Gasteiger partial charge is 0.389 e. The number of amides is 1. The Morgan fingerprint density at radius 1 is 1.59 bits per heavy atom. The number of benzene rings is 1. The highest BCUT2D eigenvalue weighted by atomic mass is 19.1. The van der Waals surface area contributed by atoms with Crippen LogP contribution < -0.4 is 5.32 Å². The Bertz CT molecular complexity index is 395. The van der Waals surface area contributed by atoms with Crippen molar-refractivity contribution < 1.29 is 19.0 Å². The standard InChI is InChI=1S/C12H16FNO3/c1-8-3-4-9(13)5-11(8)12(16)14-6-10(15)7-17-2/h3-5,10,15H,6-7H2,1-2H3,(H,14,16). The second-order valence-electron chi connectivity index (χ2n) is 3.78. The molecule has 0 bridgehead atoms. The summed E-state index contributed by atoms with van der Waals surface area (Å²) in [5.74, 6) is -0.865. The monoisotopic (exact) mass is 241 g/mol. The lowest BCUT2D eigenvalue weighted by atomic mass is 10.1. The normalized spacial score (nSPS) is 12.2. The number of aliphatic hydroxyl groups excluding tert-OH is 1. The molecule has 0 aliphatic rings. The Morgan fingerprint density at radius 3 is 2.94 bits per heavy atom. The van der Waals surface area contributed by atoms with Crippen molar-refractivity contribution in [3.63, 3.8) is 0 Å². The van der Waals surface area contributed by atoms with Crippen LogP contribution in [0.5, 0.6) is 0 Å². The van der Waals surface area contributed by atoms with Gasteiger partial charge in [-0.2, -0.15) is 0 Å². The van der Waals surface area contributed by atoms with Crippen LogP contribution >= 0.6 is 0 Å². The molecule has 0 fully saturated rings. The van der Waals surface area contributed by atoms with Crippen molar-refractivity contribution in [1.82, 2.24) is 5.32 Å². The molecule has 0 aliphatic carbocycles. The number of methoxy groups -OCH3 is 1. The molecular weight excluding hydrogens is 225 g/mol. The van der Waals surface area contributed by atoms with Gasteiger partial charge in [0, 0.05) is 19.2 Å². The second-order valence-corrected chi connectivity index (χ2v) is 3.78. The molecule has 0 heterocycles. The molecule has 2 N–H and O–H groups in total. The van der Waals surface area contributed by atoms with Gasteiger partial charge in [0.15, 0.2) is 0 Å². The van der Waals surface area contributed by atoms with Crippen LogP contribution in [0.4, 0.5) is 4.39 Å². The van der Waals surface area contributed by atoms with Gasteiger partial charge in [-0.15, -0.1) is 0 Å². The van der Waals surface area contributed by atoms with E-state index in [9.17, 15) is 14.3 Å². The van der Waals surface area contributed by atoms with E-state index in [1.54, 1.807) is 6.92 Å². The van der Waals surface area contributed by atoms with Crippen molar-refractivity contribution in [2.45, 2.75) is 13.0 Å². The van der Waals surface area contributed by atoms with Gasteiger partial charge in [0.05, 0.1) is 12.7 Å². The summed E-state index contributed by atoms with van der Waals surface area (Å²) < 4.78 is 17.7. The van der Waals surface area contributed by atoms with Crippen molar-refractivity contribution in [3.05, 3.63) is 35.1 Å². The maximum atomic E-state index is 13.0. The molecule has 0 saturated heterocycles. The van der Waals surface area contributed by atoms with Crippen LogP contribution in [0, 0.1) is 12.7 Å². The Kier molecular flexibility index (Phi) is 5.06. The summed E-state index contributed by atoms with van der Waals surface area (Å²) in [7, 11) is 1.46. The summed E-state index contributed by atoms with van der Waals surface area (Å²) in [5.41, 5.74) is 0.958. The molecule has 0 aromatic heterocycles. The lowest BCUT2D eigenvalue weighted by molar-refractivity contribution is 0.0609. The summed E-state index contributed by atoms with van der Waals surface area (Å²) in [6.07, 6.45) is -0.766. The topological polar surface area (TPSA) is 58.6 Å². The van der Waals surface area contributed by atoms with E-state index in [1.807, 2.05) is 0 Å². The predicted octanol–water partition coefficient (Wildman–Crippen LogP) is 0.871. The van der Waals surface area contributed by atoms with Gasteiger partial charge in [-0.1, -0.05) is 6.07 Å². The minimum absolute atomic E-state index is 0.0721. The quantitative estimate of drug-likeness (QED) is 0.804. The predicted molar refractivity (Wildman–Crippen MR) is 61.4 cm³/mol. The van der Waals surface area contributed by atoms with Gasteiger partial charge in [0.2, 0.25) is 0 Å². The highest BCUT2D eigenvalue weighted by Gasteiger charge is 2.11. The van der Waals surface area contributed by atoms with Crippen molar-refractivity contribution in [3.8, 4) is 0 Å². The number of aryl methyl sites for hydroxylation is 1. The van der Waals surface area contributed by atoms with Gasteiger partial charge in [-0.3, -0.25) is 4.79 Å². The van der Waals surface area contributed by atoms with E-state index in [2.05, 4.69) is 5.32 Å². The molecule has 0 aliphatic heterocycles. The van der Waals surface area contributed by atoms with Gasteiger partial charge in [-0.05, 0) is 24.6 Å². The lowest BCUT2D eigenvalue weighted by Crippen LogP contribution is -2.34. The minimum Gasteiger partial charge on any atom is -0.389 e. The molecule has 1 rings (SSSR count). The van der Waals surface area contributed by atoms with Crippen LogP contribution in [0.1, 0.15) is 15.9 Å². The van der Waals surface area contributed by atoms with Crippen LogP contribution in [-0.4, -0.2) is 37.4 Å². The fraction of sp³-hybridized carbons (Fsp3) is 0.417. The molecule has 94 valence electrons. The second kappa shape index (κ2) is 6.32. The SMILES string of the molecule is COCC(O)CNC(=O)c1cc(F)ccc1C. The molecule has 0 saturated carbocycles. The van der Waals surface area contributed by atoms with E-state index < -0.39 is 17.8 Å². The van der Waals surface area contributed by atoms with Crippen LogP contribution in [0.3, 0.4) is 0 Å². The Labute approximate surface area is 99.4 Å². The van der Waals surface area contributed by atoms with E-state index >= 15 is 0 Å².